The molecule has 0 aliphatic heterocycles. The molecule has 1 amide bonds. The molecule has 2 aromatic rings. The van der Waals surface area contributed by atoms with Crippen molar-refractivity contribution in [3.63, 3.8) is 0 Å². The molecule has 0 unspecified atom stereocenters. The van der Waals surface area contributed by atoms with Crippen molar-refractivity contribution < 1.29 is 14.1 Å². The molecular weight excluding hydrogens is 396 g/mol. The number of anilines is 1. The van der Waals surface area contributed by atoms with Crippen LogP contribution in [0, 0.1) is 0 Å². The van der Waals surface area contributed by atoms with Gasteiger partial charge in [-0.05, 0) is 57.8 Å². The highest BCUT2D eigenvalue weighted by atomic mass is 35.5. The zero-order chi connectivity index (χ0) is 19.7. The van der Waals surface area contributed by atoms with Gasteiger partial charge in [0, 0.05) is 5.54 Å². The lowest BCUT2D eigenvalue weighted by molar-refractivity contribution is 0.201. The van der Waals surface area contributed by atoms with Crippen LogP contribution in [0.2, 0.25) is 10.3 Å². The molecular formula is C17H20Cl2N3O3P. The van der Waals surface area contributed by atoms with Crippen molar-refractivity contribution in [3.8, 4) is 5.75 Å². The van der Waals surface area contributed by atoms with E-state index in [4.69, 9.17) is 27.9 Å². The first kappa shape index (κ1) is 20.7. The summed E-state index contributed by atoms with van der Waals surface area (Å²) in [5.41, 5.74) is -0.713. The monoisotopic (exact) mass is 415 g/mol. The van der Waals surface area contributed by atoms with Gasteiger partial charge in [-0.25, -0.2) is 9.78 Å². The van der Waals surface area contributed by atoms with Gasteiger partial charge < -0.3 is 9.30 Å². The van der Waals surface area contributed by atoms with E-state index in [0.29, 0.717) is 5.30 Å². The molecule has 2 rings (SSSR count). The number of carbonyl (C=O) groups excluding carboxylic acids is 1. The summed E-state index contributed by atoms with van der Waals surface area (Å²) in [7, 11) is -2.64. The van der Waals surface area contributed by atoms with Crippen LogP contribution in [-0.4, -0.2) is 34.9 Å². The van der Waals surface area contributed by atoms with Gasteiger partial charge in [-0.2, -0.15) is 4.98 Å². The first-order chi connectivity index (χ1) is 11.9. The maximum absolute atomic E-state index is 13.0. The Labute approximate surface area is 162 Å². The summed E-state index contributed by atoms with van der Waals surface area (Å²) >= 11 is 12.0. The van der Waals surface area contributed by atoms with Gasteiger partial charge in [0.2, 0.25) is 5.28 Å². The molecule has 140 valence electrons. The van der Waals surface area contributed by atoms with E-state index in [1.165, 1.54) is 11.1 Å². The molecule has 0 atom stereocenters. The molecule has 0 N–H and O–H groups in total. The molecule has 0 saturated heterocycles. The minimum absolute atomic E-state index is 0.0431. The molecule has 26 heavy (non-hydrogen) atoms. The fourth-order valence-electron chi connectivity index (χ4n) is 2.30. The van der Waals surface area contributed by atoms with Gasteiger partial charge >= 0.3 is 6.09 Å². The topological polar surface area (TPSA) is 72.4 Å². The molecule has 0 aliphatic carbocycles. The zero-order valence-corrected chi connectivity index (χ0v) is 17.6. The number of hydrogen-bond acceptors (Lipinski definition) is 5. The van der Waals surface area contributed by atoms with E-state index in [1.54, 1.807) is 58.4 Å². The van der Waals surface area contributed by atoms with Crippen molar-refractivity contribution in [2.45, 2.75) is 26.3 Å². The Kier molecular flexibility index (Phi) is 6.01. The Morgan fingerprint density at radius 2 is 1.81 bits per heavy atom. The van der Waals surface area contributed by atoms with Gasteiger partial charge in [0.05, 0.1) is 11.5 Å². The molecule has 6 nitrogen and oxygen atoms in total. The van der Waals surface area contributed by atoms with Crippen LogP contribution in [0.4, 0.5) is 10.6 Å². The molecule has 0 saturated carbocycles. The smallest absolute Gasteiger partial charge is 0.409 e. The van der Waals surface area contributed by atoms with E-state index in [9.17, 15) is 9.36 Å². The Morgan fingerprint density at radius 1 is 1.19 bits per heavy atom. The molecule has 0 fully saturated rings. The van der Waals surface area contributed by atoms with Crippen LogP contribution in [0.3, 0.4) is 0 Å². The number of aromatic nitrogens is 2. The Hall–Kier alpha value is -1.62. The molecule has 1 heterocycles. The van der Waals surface area contributed by atoms with Crippen LogP contribution >= 0.6 is 30.3 Å². The van der Waals surface area contributed by atoms with Crippen molar-refractivity contribution in [2.24, 2.45) is 0 Å². The summed E-state index contributed by atoms with van der Waals surface area (Å²) < 4.78 is 18.1. The fraction of sp³-hybridized carbons (Fsp3) is 0.353. The first-order valence-corrected chi connectivity index (χ1v) is 11.1. The second-order valence-corrected chi connectivity index (χ2v) is 10.9. The summed E-state index contributed by atoms with van der Waals surface area (Å²) in [6, 6.07) is 6.73. The number of nitrogens with zero attached hydrogens (tertiary/aromatic N) is 3. The highest BCUT2D eigenvalue weighted by Gasteiger charge is 2.34. The Bertz CT molecular complexity index is 878. The quantitative estimate of drug-likeness (QED) is 0.529. The number of ether oxygens (including phenoxy) is 1. The van der Waals surface area contributed by atoms with E-state index in [0.717, 1.165) is 0 Å². The summed E-state index contributed by atoms with van der Waals surface area (Å²) in [5, 5.41) is 0.596. The maximum Gasteiger partial charge on any atom is 0.421 e. The summed E-state index contributed by atoms with van der Waals surface area (Å²) in [6.45, 7) is 8.63. The SMILES string of the molecule is CC(C)(C)N(C(=O)Oc1ccccc1P(C)(C)=O)c1nc(Cl)ncc1Cl. The minimum atomic E-state index is -2.64. The van der Waals surface area contributed by atoms with E-state index in [2.05, 4.69) is 9.97 Å². The van der Waals surface area contributed by atoms with Crippen LogP contribution in [0.5, 0.6) is 5.75 Å². The van der Waals surface area contributed by atoms with Crippen LogP contribution in [0.25, 0.3) is 0 Å². The lowest BCUT2D eigenvalue weighted by atomic mass is 10.1. The number of para-hydroxylation sites is 1. The van der Waals surface area contributed by atoms with Crippen LogP contribution in [-0.2, 0) is 4.57 Å². The van der Waals surface area contributed by atoms with Gasteiger partial charge in [0.25, 0.3) is 0 Å². The number of amides is 1. The highest BCUT2D eigenvalue weighted by molar-refractivity contribution is 7.70. The standard InChI is InChI=1S/C17H20Cl2N3O3P/c1-17(2,3)22(14-11(18)10-20-15(19)21-14)16(23)25-12-8-6-7-9-13(12)26(4,5)24/h6-10H,1-5H3. The number of halogens is 2. The maximum atomic E-state index is 13.0. The Balaban J connectivity index is 2.48. The van der Waals surface area contributed by atoms with Gasteiger partial charge in [-0.15, -0.1) is 0 Å². The van der Waals surface area contributed by atoms with Crippen LogP contribution in [0.1, 0.15) is 20.8 Å². The zero-order valence-electron chi connectivity index (χ0n) is 15.2. The second kappa shape index (κ2) is 7.55. The minimum Gasteiger partial charge on any atom is -0.409 e. The van der Waals surface area contributed by atoms with Crippen LogP contribution < -0.4 is 14.9 Å². The predicted octanol–water partition coefficient (Wildman–Crippen LogP) is 4.84. The Morgan fingerprint density at radius 3 is 2.38 bits per heavy atom. The fourth-order valence-corrected chi connectivity index (χ4v) is 3.70. The third kappa shape index (κ3) is 4.76. The number of hydrogen-bond donors (Lipinski definition) is 0. The highest BCUT2D eigenvalue weighted by Crippen LogP contribution is 2.39. The molecule has 9 heteroatoms. The molecule has 0 aliphatic rings. The molecule has 0 spiro atoms. The normalized spacial score (nSPS) is 12.0. The van der Waals surface area contributed by atoms with Crippen molar-refractivity contribution in [1.29, 1.82) is 0 Å². The number of rotatable bonds is 3. The first-order valence-electron chi connectivity index (χ1n) is 7.76. The largest absolute Gasteiger partial charge is 0.421 e. The third-order valence-electron chi connectivity index (χ3n) is 3.40. The lowest BCUT2D eigenvalue weighted by Gasteiger charge is -2.34. The number of benzene rings is 1. The lowest BCUT2D eigenvalue weighted by Crippen LogP contribution is -2.48. The predicted molar refractivity (Wildman–Crippen MR) is 106 cm³/mol. The van der Waals surface area contributed by atoms with Gasteiger partial charge in [-0.3, -0.25) is 4.90 Å². The van der Waals surface area contributed by atoms with Crippen molar-refractivity contribution in [2.75, 3.05) is 18.2 Å². The number of carbonyl (C=O) groups is 1. The van der Waals surface area contributed by atoms with E-state index >= 15 is 0 Å². The molecule has 1 aromatic heterocycles. The average molecular weight is 416 g/mol. The van der Waals surface area contributed by atoms with Crippen molar-refractivity contribution in [3.05, 3.63) is 40.8 Å². The summed E-state index contributed by atoms with van der Waals surface area (Å²) in [6.07, 6.45) is 0.605. The second-order valence-electron chi connectivity index (χ2n) is 7.00. The average Bonchev–Trinajstić information content (AvgIpc) is 2.49. The molecule has 0 radical (unpaired) electrons. The summed E-state index contributed by atoms with van der Waals surface area (Å²) in [5.74, 6) is 0.370. The summed E-state index contributed by atoms with van der Waals surface area (Å²) in [4.78, 5) is 22.1. The van der Waals surface area contributed by atoms with Gasteiger partial charge in [0.1, 0.15) is 17.9 Å². The van der Waals surface area contributed by atoms with Crippen molar-refractivity contribution >= 4 is 47.6 Å². The van der Waals surface area contributed by atoms with Crippen molar-refractivity contribution in [1.82, 2.24) is 9.97 Å². The van der Waals surface area contributed by atoms with E-state index < -0.39 is 18.8 Å². The van der Waals surface area contributed by atoms with Gasteiger partial charge in [-0.1, -0.05) is 23.7 Å². The van der Waals surface area contributed by atoms with Crippen LogP contribution in [0.15, 0.2) is 30.5 Å². The third-order valence-corrected chi connectivity index (χ3v) is 5.38. The van der Waals surface area contributed by atoms with Gasteiger partial charge in [0.15, 0.2) is 5.82 Å². The van der Waals surface area contributed by atoms with E-state index in [1.807, 2.05) is 0 Å². The molecule has 0 bridgehead atoms. The van der Waals surface area contributed by atoms with E-state index in [-0.39, 0.29) is 21.9 Å². The molecule has 1 aromatic carbocycles.